The van der Waals surface area contributed by atoms with Crippen molar-refractivity contribution in [3.63, 3.8) is 0 Å². The van der Waals surface area contributed by atoms with Gasteiger partial charge in [0.1, 0.15) is 11.9 Å². The standard InChI is InChI=1S/C17H17Cl2FN2O3S/c1-10-4-5-12(18)8-16(10)22(26(3,24)25)11(2)17(23)21-13-6-7-15(20)14(19)9-13/h4-9,11H,1-3H3,(H,21,23)/t11-/m0/s1. The molecule has 0 fully saturated rings. The van der Waals surface area contributed by atoms with Gasteiger partial charge in [-0.15, -0.1) is 0 Å². The van der Waals surface area contributed by atoms with Gasteiger partial charge in [0.05, 0.1) is 17.0 Å². The lowest BCUT2D eigenvalue weighted by Gasteiger charge is -2.29. The molecule has 0 unspecified atom stereocenters. The Morgan fingerprint density at radius 3 is 2.42 bits per heavy atom. The first kappa shape index (κ1) is 20.5. The smallest absolute Gasteiger partial charge is 0.247 e. The summed E-state index contributed by atoms with van der Waals surface area (Å²) in [5, 5.41) is 2.73. The number of carbonyl (C=O) groups excluding carboxylic acids is 1. The van der Waals surface area contributed by atoms with Crippen molar-refractivity contribution in [2.75, 3.05) is 15.9 Å². The summed E-state index contributed by atoms with van der Waals surface area (Å²) >= 11 is 11.7. The highest BCUT2D eigenvalue weighted by molar-refractivity contribution is 7.92. The van der Waals surface area contributed by atoms with E-state index in [0.29, 0.717) is 16.3 Å². The van der Waals surface area contributed by atoms with Crippen LogP contribution >= 0.6 is 23.2 Å². The van der Waals surface area contributed by atoms with Gasteiger partial charge in [-0.1, -0.05) is 29.3 Å². The van der Waals surface area contributed by atoms with Crippen LogP contribution in [0.3, 0.4) is 0 Å². The lowest BCUT2D eigenvalue weighted by Crippen LogP contribution is -2.45. The molecule has 0 bridgehead atoms. The molecule has 0 aliphatic heterocycles. The Labute approximate surface area is 161 Å². The first-order valence-electron chi connectivity index (χ1n) is 7.52. The lowest BCUT2D eigenvalue weighted by atomic mass is 10.1. The van der Waals surface area contributed by atoms with E-state index < -0.39 is 27.8 Å². The van der Waals surface area contributed by atoms with Gasteiger partial charge in [-0.3, -0.25) is 9.10 Å². The highest BCUT2D eigenvalue weighted by Gasteiger charge is 2.30. The highest BCUT2D eigenvalue weighted by atomic mass is 35.5. The molecule has 0 spiro atoms. The summed E-state index contributed by atoms with van der Waals surface area (Å²) in [6.07, 6.45) is 1.01. The lowest BCUT2D eigenvalue weighted by molar-refractivity contribution is -0.116. The Kier molecular flexibility index (Phi) is 6.16. The van der Waals surface area contributed by atoms with E-state index in [1.165, 1.54) is 25.1 Å². The van der Waals surface area contributed by atoms with Gasteiger partial charge in [0, 0.05) is 10.7 Å². The molecule has 1 atom stereocenters. The molecule has 5 nitrogen and oxygen atoms in total. The van der Waals surface area contributed by atoms with Gasteiger partial charge >= 0.3 is 0 Å². The Morgan fingerprint density at radius 1 is 1.19 bits per heavy atom. The molecule has 0 heterocycles. The fraction of sp³-hybridized carbons (Fsp3) is 0.235. The molecule has 1 N–H and O–H groups in total. The second kappa shape index (κ2) is 7.82. The molecule has 0 aliphatic carbocycles. The van der Waals surface area contributed by atoms with E-state index in [2.05, 4.69) is 5.32 Å². The van der Waals surface area contributed by atoms with Crippen LogP contribution in [-0.2, 0) is 14.8 Å². The van der Waals surface area contributed by atoms with Gasteiger partial charge in [0.25, 0.3) is 0 Å². The molecule has 26 heavy (non-hydrogen) atoms. The van der Waals surface area contributed by atoms with E-state index in [-0.39, 0.29) is 10.7 Å². The molecule has 2 aromatic rings. The third-order valence-corrected chi connectivity index (χ3v) is 5.44. The number of benzene rings is 2. The predicted octanol–water partition coefficient (Wildman–Crippen LogP) is 4.23. The molecular formula is C17H17Cl2FN2O3S. The molecule has 140 valence electrons. The van der Waals surface area contributed by atoms with Crippen LogP contribution in [0.5, 0.6) is 0 Å². The zero-order valence-electron chi connectivity index (χ0n) is 14.3. The minimum Gasteiger partial charge on any atom is -0.324 e. The summed E-state index contributed by atoms with van der Waals surface area (Å²) in [4.78, 5) is 12.6. The van der Waals surface area contributed by atoms with Crippen LogP contribution in [0.15, 0.2) is 36.4 Å². The topological polar surface area (TPSA) is 66.5 Å². The second-order valence-corrected chi connectivity index (χ2v) is 8.49. The van der Waals surface area contributed by atoms with Crippen molar-refractivity contribution in [1.82, 2.24) is 0 Å². The Hall–Kier alpha value is -1.83. The summed E-state index contributed by atoms with van der Waals surface area (Å²) < 4.78 is 38.9. The number of carbonyl (C=O) groups is 1. The average molecular weight is 419 g/mol. The van der Waals surface area contributed by atoms with Crippen LogP contribution in [0.2, 0.25) is 10.0 Å². The van der Waals surface area contributed by atoms with Crippen molar-refractivity contribution in [2.24, 2.45) is 0 Å². The van der Waals surface area contributed by atoms with E-state index in [0.717, 1.165) is 16.6 Å². The maximum atomic E-state index is 13.2. The summed E-state index contributed by atoms with van der Waals surface area (Å²) in [6, 6.07) is 7.39. The van der Waals surface area contributed by atoms with Crippen LogP contribution in [0.1, 0.15) is 12.5 Å². The quantitative estimate of drug-likeness (QED) is 0.789. The van der Waals surface area contributed by atoms with Crippen molar-refractivity contribution >= 4 is 50.5 Å². The molecule has 0 saturated carbocycles. The summed E-state index contributed by atoms with van der Waals surface area (Å²) in [5.74, 6) is -1.22. The third-order valence-electron chi connectivity index (χ3n) is 3.68. The number of aryl methyl sites for hydroxylation is 1. The van der Waals surface area contributed by atoms with Crippen molar-refractivity contribution < 1.29 is 17.6 Å². The van der Waals surface area contributed by atoms with Gasteiger partial charge in [-0.25, -0.2) is 12.8 Å². The summed E-state index contributed by atoms with van der Waals surface area (Å²) in [6.45, 7) is 3.16. The molecule has 2 rings (SSSR count). The SMILES string of the molecule is Cc1ccc(Cl)cc1N([C@@H](C)C(=O)Nc1ccc(F)c(Cl)c1)S(C)(=O)=O. The van der Waals surface area contributed by atoms with Gasteiger partial charge in [0.2, 0.25) is 15.9 Å². The van der Waals surface area contributed by atoms with Gasteiger partial charge in [-0.05, 0) is 49.7 Å². The van der Waals surface area contributed by atoms with E-state index in [1.807, 2.05) is 0 Å². The van der Waals surface area contributed by atoms with Crippen LogP contribution in [0, 0.1) is 12.7 Å². The number of anilines is 2. The molecule has 2 aromatic carbocycles. The fourth-order valence-corrected chi connectivity index (χ4v) is 3.99. The largest absolute Gasteiger partial charge is 0.324 e. The van der Waals surface area contributed by atoms with Crippen LogP contribution in [0.4, 0.5) is 15.8 Å². The van der Waals surface area contributed by atoms with E-state index in [1.54, 1.807) is 19.1 Å². The number of nitrogens with one attached hydrogen (secondary N) is 1. The summed E-state index contributed by atoms with van der Waals surface area (Å²) in [7, 11) is -3.78. The molecule has 0 saturated heterocycles. The highest BCUT2D eigenvalue weighted by Crippen LogP contribution is 2.29. The van der Waals surface area contributed by atoms with Crippen LogP contribution < -0.4 is 9.62 Å². The Balaban J connectivity index is 2.37. The Bertz CT molecular complexity index is 951. The maximum absolute atomic E-state index is 13.2. The Morgan fingerprint density at radius 2 is 1.85 bits per heavy atom. The van der Waals surface area contributed by atoms with Gasteiger partial charge < -0.3 is 5.32 Å². The van der Waals surface area contributed by atoms with Gasteiger partial charge in [-0.2, -0.15) is 0 Å². The van der Waals surface area contributed by atoms with Crippen molar-refractivity contribution in [3.05, 3.63) is 57.8 Å². The van der Waals surface area contributed by atoms with E-state index >= 15 is 0 Å². The van der Waals surface area contributed by atoms with Gasteiger partial charge in [0.15, 0.2) is 0 Å². The predicted molar refractivity (Wildman–Crippen MR) is 103 cm³/mol. The first-order chi connectivity index (χ1) is 12.0. The molecular weight excluding hydrogens is 402 g/mol. The first-order valence-corrected chi connectivity index (χ1v) is 10.1. The average Bonchev–Trinajstić information content (AvgIpc) is 2.53. The maximum Gasteiger partial charge on any atom is 0.247 e. The van der Waals surface area contributed by atoms with E-state index in [4.69, 9.17) is 23.2 Å². The van der Waals surface area contributed by atoms with Crippen LogP contribution in [0.25, 0.3) is 0 Å². The second-order valence-electron chi connectivity index (χ2n) is 5.78. The number of sulfonamides is 1. The van der Waals surface area contributed by atoms with Crippen molar-refractivity contribution in [3.8, 4) is 0 Å². The zero-order chi connectivity index (χ0) is 19.6. The fourth-order valence-electron chi connectivity index (χ4n) is 2.42. The van der Waals surface area contributed by atoms with E-state index in [9.17, 15) is 17.6 Å². The monoisotopic (exact) mass is 418 g/mol. The molecule has 9 heteroatoms. The molecule has 0 aromatic heterocycles. The third kappa shape index (κ3) is 4.66. The number of nitrogens with zero attached hydrogens (tertiary/aromatic N) is 1. The zero-order valence-corrected chi connectivity index (χ0v) is 16.6. The number of halogens is 3. The molecule has 1 amide bonds. The normalized spacial score (nSPS) is 12.5. The number of amides is 1. The van der Waals surface area contributed by atoms with Crippen molar-refractivity contribution in [2.45, 2.75) is 19.9 Å². The number of rotatable bonds is 5. The summed E-state index contributed by atoms with van der Waals surface area (Å²) in [5.41, 5.74) is 1.20. The molecule has 0 radical (unpaired) electrons. The minimum absolute atomic E-state index is 0.152. The molecule has 0 aliphatic rings. The number of hydrogen-bond donors (Lipinski definition) is 1. The van der Waals surface area contributed by atoms with Crippen LogP contribution in [-0.4, -0.2) is 26.6 Å². The number of hydrogen-bond acceptors (Lipinski definition) is 3. The van der Waals surface area contributed by atoms with Crippen molar-refractivity contribution in [1.29, 1.82) is 0 Å². The minimum atomic E-state index is -3.78.